The van der Waals surface area contributed by atoms with Gasteiger partial charge in [0.15, 0.2) is 0 Å². The van der Waals surface area contributed by atoms with Gasteiger partial charge in [0.1, 0.15) is 0 Å². The zero-order chi connectivity index (χ0) is 8.43. The molecule has 0 aromatic rings. The molecule has 0 aromatic carbocycles. The molecule has 11 heavy (non-hydrogen) atoms. The fourth-order valence-electron chi connectivity index (χ4n) is 0.982. The Kier molecular flexibility index (Phi) is 2.19. The lowest BCUT2D eigenvalue weighted by molar-refractivity contribution is -0.119. The Labute approximate surface area is 62.3 Å². The van der Waals surface area contributed by atoms with Gasteiger partial charge in [-0.1, -0.05) is 0 Å². The van der Waals surface area contributed by atoms with Crippen LogP contribution in [0.2, 0.25) is 0 Å². The van der Waals surface area contributed by atoms with Crippen LogP contribution in [0.1, 0.15) is 6.42 Å². The van der Waals surface area contributed by atoms with Crippen LogP contribution in [0.5, 0.6) is 0 Å². The van der Waals surface area contributed by atoms with E-state index >= 15 is 0 Å². The van der Waals surface area contributed by atoms with Crippen molar-refractivity contribution in [1.29, 1.82) is 0 Å². The summed E-state index contributed by atoms with van der Waals surface area (Å²) in [5.41, 5.74) is 4.87. The number of rotatable bonds is 1. The molecule has 3 nitrogen and oxygen atoms in total. The summed E-state index contributed by atoms with van der Waals surface area (Å²) >= 11 is 0. The number of hydrogen-bond donors (Lipinski definition) is 2. The smallest absolute Gasteiger partial charge is 0.270 e. The number of halogens is 2. The van der Waals surface area contributed by atoms with Crippen LogP contribution in [-0.2, 0) is 4.79 Å². The van der Waals surface area contributed by atoms with Crippen molar-refractivity contribution >= 4 is 5.91 Å². The first-order chi connectivity index (χ1) is 5.11. The van der Waals surface area contributed by atoms with Crippen LogP contribution in [0, 0.1) is 0 Å². The van der Waals surface area contributed by atoms with Crippen molar-refractivity contribution in [3.05, 3.63) is 11.7 Å². The molecular weight excluding hydrogens is 154 g/mol. The molecule has 1 aliphatic heterocycles. The minimum Gasteiger partial charge on any atom is -0.368 e. The van der Waals surface area contributed by atoms with Crippen molar-refractivity contribution < 1.29 is 13.6 Å². The van der Waals surface area contributed by atoms with Crippen molar-refractivity contribution in [2.75, 3.05) is 6.54 Å². The van der Waals surface area contributed by atoms with E-state index in [1.807, 2.05) is 0 Å². The molecule has 0 aromatic heterocycles. The van der Waals surface area contributed by atoms with Gasteiger partial charge in [0.25, 0.3) is 6.08 Å². The summed E-state index contributed by atoms with van der Waals surface area (Å²) in [6.45, 7) is 0.0654. The van der Waals surface area contributed by atoms with Gasteiger partial charge >= 0.3 is 0 Å². The molecule has 1 atom stereocenters. The quantitative estimate of drug-likeness (QED) is 0.569. The zero-order valence-corrected chi connectivity index (χ0v) is 5.73. The Morgan fingerprint density at radius 1 is 1.64 bits per heavy atom. The fourth-order valence-corrected chi connectivity index (χ4v) is 0.982. The number of carbonyl (C=O) groups is 1. The third-order valence-electron chi connectivity index (χ3n) is 1.62. The van der Waals surface area contributed by atoms with Crippen LogP contribution < -0.4 is 11.1 Å². The molecule has 1 unspecified atom stereocenters. The third kappa shape index (κ3) is 1.74. The highest BCUT2D eigenvalue weighted by Gasteiger charge is 2.25. The zero-order valence-electron chi connectivity index (χ0n) is 5.73. The molecular formula is C6H8F2N2O. The van der Waals surface area contributed by atoms with Crippen LogP contribution in [0.15, 0.2) is 11.7 Å². The lowest BCUT2D eigenvalue weighted by atomic mass is 10.2. The second kappa shape index (κ2) is 2.96. The topological polar surface area (TPSA) is 55.1 Å². The van der Waals surface area contributed by atoms with Gasteiger partial charge in [-0.25, -0.2) is 0 Å². The number of carbonyl (C=O) groups excluding carboxylic acids is 1. The Morgan fingerprint density at radius 2 is 2.27 bits per heavy atom. The molecule has 62 valence electrons. The van der Waals surface area contributed by atoms with E-state index in [-0.39, 0.29) is 18.5 Å². The van der Waals surface area contributed by atoms with Crippen molar-refractivity contribution in [3.8, 4) is 0 Å². The molecule has 1 saturated heterocycles. The summed E-state index contributed by atoms with van der Waals surface area (Å²) < 4.78 is 23.7. The van der Waals surface area contributed by atoms with Crippen molar-refractivity contribution in [3.63, 3.8) is 0 Å². The molecule has 0 spiro atoms. The monoisotopic (exact) mass is 162 g/mol. The number of hydrogen-bond acceptors (Lipinski definition) is 2. The highest BCUT2D eigenvalue weighted by Crippen LogP contribution is 2.18. The van der Waals surface area contributed by atoms with Gasteiger partial charge in [-0.3, -0.25) is 4.79 Å². The van der Waals surface area contributed by atoms with E-state index in [0.717, 1.165) is 0 Å². The third-order valence-corrected chi connectivity index (χ3v) is 1.62. The first-order valence-corrected chi connectivity index (χ1v) is 3.17. The van der Waals surface area contributed by atoms with Crippen LogP contribution in [0.25, 0.3) is 0 Å². The van der Waals surface area contributed by atoms with Crippen LogP contribution >= 0.6 is 0 Å². The summed E-state index contributed by atoms with van der Waals surface area (Å²) in [6.07, 6.45) is -1.67. The van der Waals surface area contributed by atoms with Crippen LogP contribution in [-0.4, -0.2) is 18.5 Å². The molecule has 0 radical (unpaired) electrons. The fraction of sp³-hybridized carbons (Fsp3) is 0.500. The van der Waals surface area contributed by atoms with Gasteiger partial charge < -0.3 is 11.1 Å². The Hall–Kier alpha value is -0.970. The van der Waals surface area contributed by atoms with E-state index in [4.69, 9.17) is 5.73 Å². The van der Waals surface area contributed by atoms with Crippen molar-refractivity contribution in [1.82, 2.24) is 5.32 Å². The van der Waals surface area contributed by atoms with Gasteiger partial charge in [0, 0.05) is 12.1 Å². The van der Waals surface area contributed by atoms with E-state index in [0.29, 0.717) is 0 Å². The maximum atomic E-state index is 11.9. The molecule has 0 saturated carbocycles. The average molecular weight is 162 g/mol. The predicted molar refractivity (Wildman–Crippen MR) is 34.8 cm³/mol. The van der Waals surface area contributed by atoms with Gasteiger partial charge in [0.05, 0.1) is 6.04 Å². The molecule has 1 heterocycles. The normalized spacial score (nSPS) is 23.8. The van der Waals surface area contributed by atoms with Crippen LogP contribution in [0.3, 0.4) is 0 Å². The molecule has 0 bridgehead atoms. The Balaban J connectivity index is 2.61. The summed E-state index contributed by atoms with van der Waals surface area (Å²) in [5.74, 6) is -0.582. The number of amides is 1. The number of nitrogens with one attached hydrogen (secondary N) is 1. The molecule has 1 rings (SSSR count). The highest BCUT2D eigenvalue weighted by atomic mass is 19.3. The van der Waals surface area contributed by atoms with E-state index in [2.05, 4.69) is 5.32 Å². The summed E-state index contributed by atoms with van der Waals surface area (Å²) in [4.78, 5) is 10.5. The van der Waals surface area contributed by atoms with Crippen LogP contribution in [0.4, 0.5) is 8.78 Å². The van der Waals surface area contributed by atoms with E-state index < -0.39 is 18.0 Å². The molecule has 0 aliphatic carbocycles. The second-order valence-electron chi connectivity index (χ2n) is 2.40. The summed E-state index contributed by atoms with van der Waals surface area (Å²) in [6, 6.07) is -0.619. The lowest BCUT2D eigenvalue weighted by Crippen LogP contribution is -2.36. The second-order valence-corrected chi connectivity index (χ2v) is 2.40. The predicted octanol–water partition coefficient (Wildman–Crippen LogP) is -0.0158. The maximum Gasteiger partial charge on any atom is 0.270 e. The molecule has 1 aliphatic rings. The van der Waals surface area contributed by atoms with E-state index in [1.54, 1.807) is 0 Å². The minimum atomic E-state index is -1.71. The number of primary amides is 1. The summed E-state index contributed by atoms with van der Waals surface area (Å²) in [7, 11) is 0. The SMILES string of the molecule is NC(=O)C1CC(=C(F)F)CN1. The first-order valence-electron chi connectivity index (χ1n) is 3.17. The van der Waals surface area contributed by atoms with Crippen molar-refractivity contribution in [2.45, 2.75) is 12.5 Å². The maximum absolute atomic E-state index is 11.9. The van der Waals surface area contributed by atoms with Gasteiger partial charge in [-0.15, -0.1) is 0 Å². The van der Waals surface area contributed by atoms with Gasteiger partial charge in [-0.2, -0.15) is 8.78 Å². The summed E-state index contributed by atoms with van der Waals surface area (Å²) in [5, 5.41) is 2.58. The largest absolute Gasteiger partial charge is 0.368 e. The molecule has 5 heteroatoms. The Bertz CT molecular complexity index is 211. The first kappa shape index (κ1) is 8.13. The van der Waals surface area contributed by atoms with E-state index in [1.165, 1.54) is 0 Å². The number of nitrogens with two attached hydrogens (primary N) is 1. The van der Waals surface area contributed by atoms with Crippen molar-refractivity contribution in [2.24, 2.45) is 5.73 Å². The van der Waals surface area contributed by atoms with Gasteiger partial charge in [0.2, 0.25) is 5.91 Å². The lowest BCUT2D eigenvalue weighted by Gasteiger charge is -2.00. The molecule has 1 fully saturated rings. The Morgan fingerprint density at radius 3 is 2.55 bits per heavy atom. The standard InChI is InChI=1S/C6H8F2N2O/c7-5(8)3-1-4(6(9)11)10-2-3/h4,10H,1-2H2,(H2,9,11). The average Bonchev–Trinajstić information content (AvgIpc) is 2.33. The highest BCUT2D eigenvalue weighted by molar-refractivity contribution is 5.80. The molecule has 3 N–H and O–H groups in total. The van der Waals surface area contributed by atoms with E-state index in [9.17, 15) is 13.6 Å². The molecule has 1 amide bonds. The van der Waals surface area contributed by atoms with Gasteiger partial charge in [-0.05, 0) is 6.42 Å². The minimum absolute atomic E-state index is 0.0196.